The van der Waals surface area contributed by atoms with E-state index in [4.69, 9.17) is 10.5 Å². The van der Waals surface area contributed by atoms with Crippen LogP contribution in [-0.2, 0) is 0 Å². The van der Waals surface area contributed by atoms with E-state index in [9.17, 15) is 4.79 Å². The highest BCUT2D eigenvalue weighted by molar-refractivity contribution is 5.72. The van der Waals surface area contributed by atoms with Gasteiger partial charge in [0.05, 0.1) is 6.10 Å². The molecule has 0 atom stereocenters. The third-order valence-corrected chi connectivity index (χ3v) is 3.16. The predicted molar refractivity (Wildman–Crippen MR) is 75.6 cm³/mol. The molecule has 1 heterocycles. The Morgan fingerprint density at radius 1 is 1.16 bits per heavy atom. The van der Waals surface area contributed by atoms with Crippen LogP contribution < -0.4 is 15.4 Å². The third kappa shape index (κ3) is 3.53. The summed E-state index contributed by atoms with van der Waals surface area (Å²) < 4.78 is 5.62. The van der Waals surface area contributed by atoms with E-state index in [1.807, 2.05) is 26.0 Å². The lowest BCUT2D eigenvalue weighted by molar-refractivity contribution is 0.204. The van der Waals surface area contributed by atoms with Crippen LogP contribution in [0.4, 0.5) is 10.5 Å². The number of nitrogens with two attached hydrogens (primary N) is 1. The van der Waals surface area contributed by atoms with Crippen molar-refractivity contribution in [2.45, 2.75) is 20.0 Å². The highest BCUT2D eigenvalue weighted by Gasteiger charge is 2.19. The molecule has 1 aromatic rings. The summed E-state index contributed by atoms with van der Waals surface area (Å²) in [6.07, 6.45) is 0.185. The van der Waals surface area contributed by atoms with Gasteiger partial charge in [0.25, 0.3) is 0 Å². The molecule has 0 aromatic heterocycles. The first kappa shape index (κ1) is 13.5. The number of nitrogens with zero attached hydrogens (tertiary/aromatic N) is 2. The number of benzene rings is 1. The first-order valence-corrected chi connectivity index (χ1v) is 6.62. The van der Waals surface area contributed by atoms with Crippen LogP contribution in [0.2, 0.25) is 0 Å². The lowest BCUT2D eigenvalue weighted by atomic mass is 10.2. The highest BCUT2D eigenvalue weighted by Crippen LogP contribution is 2.21. The number of anilines is 1. The molecule has 0 spiro atoms. The lowest BCUT2D eigenvalue weighted by Gasteiger charge is -2.35. The quantitative estimate of drug-likeness (QED) is 0.902. The van der Waals surface area contributed by atoms with Crippen molar-refractivity contribution in [1.29, 1.82) is 0 Å². The van der Waals surface area contributed by atoms with Gasteiger partial charge in [0.2, 0.25) is 0 Å². The Bertz CT molecular complexity index is 423. The molecule has 0 unspecified atom stereocenters. The summed E-state index contributed by atoms with van der Waals surface area (Å²) in [6.45, 7) is 7.01. The zero-order chi connectivity index (χ0) is 13.8. The number of primary amides is 1. The summed E-state index contributed by atoms with van der Waals surface area (Å²) in [6, 6.07) is 7.74. The van der Waals surface area contributed by atoms with Crippen molar-refractivity contribution in [2.24, 2.45) is 5.73 Å². The van der Waals surface area contributed by atoms with E-state index in [-0.39, 0.29) is 12.1 Å². The van der Waals surface area contributed by atoms with Gasteiger partial charge in [0.1, 0.15) is 5.75 Å². The number of amides is 2. The Morgan fingerprint density at radius 3 is 2.21 bits per heavy atom. The zero-order valence-corrected chi connectivity index (χ0v) is 11.5. The average Bonchev–Trinajstić information content (AvgIpc) is 2.39. The summed E-state index contributed by atoms with van der Waals surface area (Å²) in [4.78, 5) is 15.0. The van der Waals surface area contributed by atoms with Gasteiger partial charge in [-0.15, -0.1) is 0 Å². The molecular weight excluding hydrogens is 242 g/mol. The maximum Gasteiger partial charge on any atom is 0.314 e. The first-order valence-electron chi connectivity index (χ1n) is 6.62. The molecule has 0 bridgehead atoms. The van der Waals surface area contributed by atoms with Gasteiger partial charge in [-0.3, -0.25) is 0 Å². The number of carbonyl (C=O) groups excluding carboxylic acids is 1. The second kappa shape index (κ2) is 5.82. The number of hydrogen-bond acceptors (Lipinski definition) is 3. The third-order valence-electron chi connectivity index (χ3n) is 3.16. The average molecular weight is 263 g/mol. The van der Waals surface area contributed by atoms with Crippen molar-refractivity contribution in [1.82, 2.24) is 4.90 Å². The van der Waals surface area contributed by atoms with Crippen LogP contribution in [-0.4, -0.2) is 43.2 Å². The Hall–Kier alpha value is -1.91. The van der Waals surface area contributed by atoms with Crippen molar-refractivity contribution in [3.05, 3.63) is 24.3 Å². The standard InChI is InChI=1S/C14H21N3O2/c1-11(2)19-13-5-3-12(4-6-13)16-7-9-17(10-8-16)14(15)18/h3-6,11H,7-10H2,1-2H3,(H2,15,18). The summed E-state index contributed by atoms with van der Waals surface area (Å²) in [5.41, 5.74) is 6.42. The monoisotopic (exact) mass is 263 g/mol. The van der Waals surface area contributed by atoms with Gasteiger partial charge in [-0.1, -0.05) is 0 Å². The van der Waals surface area contributed by atoms with Gasteiger partial charge in [-0.2, -0.15) is 0 Å². The first-order chi connectivity index (χ1) is 9.06. The fraction of sp³-hybridized carbons (Fsp3) is 0.500. The highest BCUT2D eigenvalue weighted by atomic mass is 16.5. The van der Waals surface area contributed by atoms with E-state index < -0.39 is 0 Å². The smallest absolute Gasteiger partial charge is 0.314 e. The maximum atomic E-state index is 11.1. The molecule has 5 heteroatoms. The van der Waals surface area contributed by atoms with Crippen molar-refractivity contribution in [2.75, 3.05) is 31.1 Å². The molecule has 1 aromatic carbocycles. The van der Waals surface area contributed by atoms with E-state index in [0.29, 0.717) is 13.1 Å². The van der Waals surface area contributed by atoms with E-state index in [0.717, 1.165) is 24.5 Å². The van der Waals surface area contributed by atoms with E-state index >= 15 is 0 Å². The molecular formula is C14H21N3O2. The SMILES string of the molecule is CC(C)Oc1ccc(N2CCN(C(N)=O)CC2)cc1. The minimum atomic E-state index is -0.333. The maximum absolute atomic E-state index is 11.1. The molecule has 1 aliphatic heterocycles. The Balaban J connectivity index is 1.94. The zero-order valence-electron chi connectivity index (χ0n) is 11.5. The summed E-state index contributed by atoms with van der Waals surface area (Å²) in [5.74, 6) is 0.884. The molecule has 19 heavy (non-hydrogen) atoms. The van der Waals surface area contributed by atoms with Gasteiger partial charge in [0.15, 0.2) is 0 Å². The van der Waals surface area contributed by atoms with Crippen LogP contribution in [0.1, 0.15) is 13.8 Å². The number of urea groups is 1. The van der Waals surface area contributed by atoms with Crippen molar-refractivity contribution in [3.63, 3.8) is 0 Å². The molecule has 1 saturated heterocycles. The van der Waals surface area contributed by atoms with Crippen LogP contribution in [0.5, 0.6) is 5.75 Å². The number of ether oxygens (including phenoxy) is 1. The van der Waals surface area contributed by atoms with Gasteiger partial charge in [-0.05, 0) is 38.1 Å². The number of hydrogen-bond donors (Lipinski definition) is 1. The number of carbonyl (C=O) groups is 1. The van der Waals surface area contributed by atoms with Crippen LogP contribution in [0.25, 0.3) is 0 Å². The second-order valence-corrected chi connectivity index (χ2v) is 4.97. The van der Waals surface area contributed by atoms with Crippen LogP contribution in [0.3, 0.4) is 0 Å². The molecule has 0 radical (unpaired) electrons. The Kier molecular flexibility index (Phi) is 4.14. The molecule has 0 aliphatic carbocycles. The number of rotatable bonds is 3. The molecule has 2 amide bonds. The molecule has 2 rings (SSSR count). The van der Waals surface area contributed by atoms with Crippen molar-refractivity contribution in [3.8, 4) is 5.75 Å². The Morgan fingerprint density at radius 2 is 1.74 bits per heavy atom. The van der Waals surface area contributed by atoms with Gasteiger partial charge in [-0.25, -0.2) is 4.79 Å². The fourth-order valence-corrected chi connectivity index (χ4v) is 2.19. The molecule has 2 N–H and O–H groups in total. The summed E-state index contributed by atoms with van der Waals surface area (Å²) >= 11 is 0. The van der Waals surface area contributed by atoms with Crippen molar-refractivity contribution < 1.29 is 9.53 Å². The lowest BCUT2D eigenvalue weighted by Crippen LogP contribution is -2.50. The van der Waals surface area contributed by atoms with Crippen LogP contribution in [0.15, 0.2) is 24.3 Å². The molecule has 1 fully saturated rings. The fourth-order valence-electron chi connectivity index (χ4n) is 2.19. The molecule has 1 aliphatic rings. The van der Waals surface area contributed by atoms with Crippen LogP contribution >= 0.6 is 0 Å². The predicted octanol–water partition coefficient (Wildman–Crippen LogP) is 1.67. The molecule has 104 valence electrons. The Labute approximate surface area is 113 Å². The van der Waals surface area contributed by atoms with Crippen LogP contribution in [0, 0.1) is 0 Å². The minimum absolute atomic E-state index is 0.185. The molecule has 0 saturated carbocycles. The summed E-state index contributed by atoms with van der Waals surface area (Å²) in [5, 5.41) is 0. The normalized spacial score (nSPS) is 15.7. The topological polar surface area (TPSA) is 58.8 Å². The van der Waals surface area contributed by atoms with Gasteiger partial charge in [0, 0.05) is 31.9 Å². The van der Waals surface area contributed by atoms with E-state index in [2.05, 4.69) is 17.0 Å². The summed E-state index contributed by atoms with van der Waals surface area (Å²) in [7, 11) is 0. The van der Waals surface area contributed by atoms with Gasteiger partial charge < -0.3 is 20.3 Å². The number of piperazine rings is 1. The molecule has 5 nitrogen and oxygen atoms in total. The second-order valence-electron chi connectivity index (χ2n) is 4.97. The van der Waals surface area contributed by atoms with E-state index in [1.165, 1.54) is 0 Å². The largest absolute Gasteiger partial charge is 0.491 e. The van der Waals surface area contributed by atoms with Gasteiger partial charge >= 0.3 is 6.03 Å². The van der Waals surface area contributed by atoms with Crippen molar-refractivity contribution >= 4 is 11.7 Å². The minimum Gasteiger partial charge on any atom is -0.491 e. The van der Waals surface area contributed by atoms with E-state index in [1.54, 1.807) is 4.90 Å².